The number of urea groups is 1. The van der Waals surface area contributed by atoms with Gasteiger partial charge in [-0.15, -0.1) is 11.3 Å². The van der Waals surface area contributed by atoms with E-state index < -0.39 is 0 Å². The Bertz CT molecular complexity index is 740. The second-order valence-electron chi connectivity index (χ2n) is 5.18. The van der Waals surface area contributed by atoms with Gasteiger partial charge < -0.3 is 23.7 Å². The lowest BCUT2D eigenvalue weighted by atomic mass is 10.2. The van der Waals surface area contributed by atoms with Gasteiger partial charge in [-0.2, -0.15) is 0 Å². The number of amides is 2. The first-order valence-corrected chi connectivity index (χ1v) is 9.88. The Balaban J connectivity index is 1.39. The Morgan fingerprint density at radius 3 is 3.12 bits per heavy atom. The Morgan fingerprint density at radius 1 is 1.35 bits per heavy atom. The van der Waals surface area contributed by atoms with Crippen LogP contribution in [0.5, 0.6) is 11.5 Å². The number of aromatic nitrogens is 1. The van der Waals surface area contributed by atoms with Crippen LogP contribution in [0.2, 0.25) is 0 Å². The molecule has 1 aromatic heterocycles. The van der Waals surface area contributed by atoms with E-state index >= 15 is 0 Å². The lowest BCUT2D eigenvalue weighted by molar-refractivity contribution is 0.0935. The van der Waals surface area contributed by atoms with E-state index in [2.05, 4.69) is 15.6 Å². The molecule has 10 heteroatoms. The summed E-state index contributed by atoms with van der Waals surface area (Å²) in [6.45, 7) is 2.01. The smallest absolute Gasteiger partial charge is 0.321 e. The van der Waals surface area contributed by atoms with E-state index in [9.17, 15) is 4.79 Å². The molecule has 0 fully saturated rings. The molecule has 8 nitrogen and oxygen atoms in total. The Kier molecular flexibility index (Phi) is 6.95. The van der Waals surface area contributed by atoms with Gasteiger partial charge >= 0.3 is 6.03 Å². The molecular weight excluding hydrogens is 378 g/mol. The summed E-state index contributed by atoms with van der Waals surface area (Å²) in [6.07, 6.45) is 1.86. The highest BCUT2D eigenvalue weighted by Crippen LogP contribution is 2.32. The van der Waals surface area contributed by atoms with E-state index in [4.69, 9.17) is 18.4 Å². The molecular formula is C16H19N3O5S2. The minimum absolute atomic E-state index is 0.230. The molecule has 0 unspecified atom stereocenters. The van der Waals surface area contributed by atoms with E-state index in [1.54, 1.807) is 0 Å². The van der Waals surface area contributed by atoms with Crippen molar-refractivity contribution in [1.82, 2.24) is 10.3 Å². The predicted octanol–water partition coefficient (Wildman–Crippen LogP) is 3.00. The van der Waals surface area contributed by atoms with Crippen LogP contribution < -0.4 is 20.1 Å². The molecule has 26 heavy (non-hydrogen) atoms. The molecule has 2 N–H and O–H groups in total. The molecule has 0 spiro atoms. The summed E-state index contributed by atoms with van der Waals surface area (Å²) < 4.78 is 21.1. The van der Waals surface area contributed by atoms with Crippen molar-refractivity contribution in [1.29, 1.82) is 0 Å². The average Bonchev–Trinajstić information content (AvgIpc) is 3.28. The fourth-order valence-electron chi connectivity index (χ4n) is 2.16. The van der Waals surface area contributed by atoms with Gasteiger partial charge in [-0.3, -0.25) is 5.32 Å². The maximum absolute atomic E-state index is 12.0. The highest BCUT2D eigenvalue weighted by molar-refractivity contribution is 7.93. The average molecular weight is 397 g/mol. The number of nitrogens with one attached hydrogen (secondary N) is 2. The number of carbonyl (C=O) groups excluding carboxylic acids is 1. The molecule has 0 saturated heterocycles. The SMILES string of the molecule is CSOCCOCc1csc(NC(=O)NCc2ccc3c(c2)OCO3)n1. The molecule has 2 amide bonds. The molecule has 3 rings (SSSR count). The number of nitrogens with zero attached hydrogens (tertiary/aromatic N) is 1. The highest BCUT2D eigenvalue weighted by atomic mass is 32.2. The van der Waals surface area contributed by atoms with Crippen LogP contribution in [0, 0.1) is 0 Å². The second-order valence-corrected chi connectivity index (χ2v) is 6.61. The van der Waals surface area contributed by atoms with Gasteiger partial charge in [-0.05, 0) is 29.7 Å². The predicted molar refractivity (Wildman–Crippen MR) is 99.7 cm³/mol. The van der Waals surface area contributed by atoms with Crippen molar-refractivity contribution < 1.29 is 23.2 Å². The third-order valence-corrected chi connectivity index (χ3v) is 4.55. The number of ether oxygens (including phenoxy) is 3. The maximum Gasteiger partial charge on any atom is 0.321 e. The number of hydrogen-bond donors (Lipinski definition) is 2. The highest BCUT2D eigenvalue weighted by Gasteiger charge is 2.13. The zero-order valence-corrected chi connectivity index (χ0v) is 15.8. The molecule has 1 aliphatic heterocycles. The summed E-state index contributed by atoms with van der Waals surface area (Å²) >= 11 is 2.66. The Labute approximate surface area is 159 Å². The summed E-state index contributed by atoms with van der Waals surface area (Å²) in [5.41, 5.74) is 1.69. The third-order valence-electron chi connectivity index (χ3n) is 3.34. The fourth-order valence-corrected chi connectivity index (χ4v) is 3.08. The minimum Gasteiger partial charge on any atom is -0.454 e. The monoisotopic (exact) mass is 397 g/mol. The van der Waals surface area contributed by atoms with Crippen molar-refractivity contribution in [3.63, 3.8) is 0 Å². The van der Waals surface area contributed by atoms with E-state index in [-0.39, 0.29) is 12.8 Å². The van der Waals surface area contributed by atoms with Crippen molar-refractivity contribution in [3.8, 4) is 11.5 Å². The minimum atomic E-state index is -0.321. The summed E-state index contributed by atoms with van der Waals surface area (Å²) in [7, 11) is 0. The molecule has 0 radical (unpaired) electrons. The quantitative estimate of drug-likeness (QED) is 0.496. The van der Waals surface area contributed by atoms with E-state index in [1.807, 2.05) is 29.8 Å². The molecule has 0 aliphatic carbocycles. The normalized spacial score (nSPS) is 12.2. The first kappa shape index (κ1) is 18.8. The molecule has 2 heterocycles. The van der Waals surface area contributed by atoms with Crippen LogP contribution >= 0.6 is 23.4 Å². The molecule has 1 aliphatic rings. The third kappa shape index (κ3) is 5.49. The van der Waals surface area contributed by atoms with Crippen LogP contribution in [0.25, 0.3) is 0 Å². The van der Waals surface area contributed by atoms with Crippen molar-refractivity contribution in [3.05, 3.63) is 34.8 Å². The summed E-state index contributed by atoms with van der Waals surface area (Å²) in [6, 6.07) is 5.24. The van der Waals surface area contributed by atoms with E-state index in [0.29, 0.717) is 37.2 Å². The van der Waals surface area contributed by atoms with Crippen LogP contribution in [0.4, 0.5) is 9.93 Å². The van der Waals surface area contributed by atoms with Crippen LogP contribution in [0.1, 0.15) is 11.3 Å². The van der Waals surface area contributed by atoms with Gasteiger partial charge in [0.15, 0.2) is 16.6 Å². The second kappa shape index (κ2) is 9.62. The molecule has 0 atom stereocenters. The van der Waals surface area contributed by atoms with Crippen LogP contribution in [0.15, 0.2) is 23.6 Å². The van der Waals surface area contributed by atoms with Crippen molar-refractivity contribution in [2.24, 2.45) is 0 Å². The summed E-state index contributed by atoms with van der Waals surface area (Å²) in [5, 5.41) is 7.87. The van der Waals surface area contributed by atoms with Crippen LogP contribution in [0.3, 0.4) is 0 Å². The van der Waals surface area contributed by atoms with Crippen molar-refractivity contribution in [2.75, 3.05) is 31.6 Å². The van der Waals surface area contributed by atoms with Gasteiger partial charge in [0.2, 0.25) is 6.79 Å². The molecule has 2 aromatic rings. The first-order chi connectivity index (χ1) is 12.7. The van der Waals surface area contributed by atoms with Crippen LogP contribution in [-0.4, -0.2) is 37.3 Å². The van der Waals surface area contributed by atoms with Crippen molar-refractivity contribution >= 4 is 34.5 Å². The van der Waals surface area contributed by atoms with Gasteiger partial charge in [-0.1, -0.05) is 6.07 Å². The molecule has 0 bridgehead atoms. The fraction of sp³-hybridized carbons (Fsp3) is 0.375. The Hall–Kier alpha value is -2.01. The van der Waals surface area contributed by atoms with Gasteiger partial charge in [-0.25, -0.2) is 9.78 Å². The summed E-state index contributed by atoms with van der Waals surface area (Å²) in [5.74, 6) is 1.41. The summed E-state index contributed by atoms with van der Waals surface area (Å²) in [4.78, 5) is 16.3. The molecule has 140 valence electrons. The largest absolute Gasteiger partial charge is 0.454 e. The van der Waals surface area contributed by atoms with Crippen LogP contribution in [-0.2, 0) is 22.1 Å². The number of hydrogen-bond acceptors (Lipinski definition) is 8. The zero-order chi connectivity index (χ0) is 18.2. The number of anilines is 1. The number of rotatable bonds is 9. The number of fused-ring (bicyclic) bond motifs is 1. The van der Waals surface area contributed by atoms with Gasteiger partial charge in [0.1, 0.15) is 0 Å². The standard InChI is InChI=1S/C16H19N3O5S2/c1-25-24-5-4-21-8-12-9-26-16(18-12)19-15(20)17-7-11-2-3-13-14(6-11)23-10-22-13/h2-3,6,9H,4-5,7-8,10H2,1H3,(H2,17,18,19,20). The lowest BCUT2D eigenvalue weighted by Gasteiger charge is -2.06. The number of carbonyl (C=O) groups is 1. The van der Waals surface area contributed by atoms with Gasteiger partial charge in [0.05, 0.1) is 25.5 Å². The molecule has 0 saturated carbocycles. The maximum atomic E-state index is 12.0. The van der Waals surface area contributed by atoms with E-state index in [0.717, 1.165) is 17.0 Å². The van der Waals surface area contributed by atoms with E-state index in [1.165, 1.54) is 23.4 Å². The lowest BCUT2D eigenvalue weighted by Crippen LogP contribution is -2.28. The Morgan fingerprint density at radius 2 is 2.23 bits per heavy atom. The number of thiazole rings is 1. The molecule has 1 aromatic carbocycles. The van der Waals surface area contributed by atoms with Gasteiger partial charge in [0.25, 0.3) is 0 Å². The first-order valence-electron chi connectivity index (χ1n) is 7.86. The number of benzene rings is 1. The zero-order valence-electron chi connectivity index (χ0n) is 14.1. The van der Waals surface area contributed by atoms with Crippen molar-refractivity contribution in [2.45, 2.75) is 13.2 Å². The van der Waals surface area contributed by atoms with Gasteiger partial charge in [0, 0.05) is 18.2 Å². The topological polar surface area (TPSA) is 90.9 Å².